The lowest BCUT2D eigenvalue weighted by Gasteiger charge is -2.10. The first-order valence-corrected chi connectivity index (χ1v) is 6.93. The molecule has 1 heterocycles. The van der Waals surface area contributed by atoms with Gasteiger partial charge in [-0.05, 0) is 30.7 Å². The molecule has 2 aromatic rings. The first-order valence-electron chi connectivity index (χ1n) is 6.13. The average Bonchev–Trinajstić information content (AvgIpc) is 2.80. The Morgan fingerprint density at radius 1 is 1.42 bits per heavy atom. The van der Waals surface area contributed by atoms with Gasteiger partial charge in [-0.3, -0.25) is 0 Å². The number of nitrogens with one attached hydrogen (secondary N) is 1. The Hall–Kier alpha value is -1.27. The molecule has 0 aliphatic carbocycles. The maximum atomic E-state index is 13.8. The molecule has 0 atom stereocenters. The van der Waals surface area contributed by atoms with Crippen LogP contribution in [0.15, 0.2) is 28.9 Å². The fourth-order valence-corrected chi connectivity index (χ4v) is 2.07. The molecule has 2 rings (SSSR count). The van der Waals surface area contributed by atoms with Gasteiger partial charge in [0.1, 0.15) is 11.5 Å². The van der Waals surface area contributed by atoms with Crippen molar-refractivity contribution in [2.75, 3.05) is 6.54 Å². The molecule has 6 heteroatoms. The van der Waals surface area contributed by atoms with E-state index in [1.807, 2.05) is 0 Å². The summed E-state index contributed by atoms with van der Waals surface area (Å²) in [6.07, 6.45) is 1.65. The molecule has 0 aliphatic heterocycles. The highest BCUT2D eigenvalue weighted by atomic mass is 79.9. The van der Waals surface area contributed by atoms with E-state index in [1.54, 1.807) is 18.3 Å². The van der Waals surface area contributed by atoms with E-state index in [4.69, 9.17) is 0 Å². The molecule has 4 nitrogen and oxygen atoms in total. The molecule has 0 saturated heterocycles. The summed E-state index contributed by atoms with van der Waals surface area (Å²) >= 11 is 3.33. The topological polar surface area (TPSA) is 42.7 Å². The quantitative estimate of drug-likeness (QED) is 0.918. The third kappa shape index (κ3) is 3.61. The second-order valence-corrected chi connectivity index (χ2v) is 5.67. The largest absolute Gasteiger partial charge is 0.311 e. The minimum atomic E-state index is -0.321. The van der Waals surface area contributed by atoms with Crippen molar-refractivity contribution >= 4 is 15.9 Å². The van der Waals surface area contributed by atoms with E-state index in [2.05, 4.69) is 45.4 Å². The maximum Gasteiger partial charge on any atom is 0.149 e. The lowest BCUT2D eigenvalue weighted by molar-refractivity contribution is 0.538. The maximum absolute atomic E-state index is 13.8. The number of hydrogen-bond acceptors (Lipinski definition) is 3. The normalized spacial score (nSPS) is 11.2. The van der Waals surface area contributed by atoms with E-state index >= 15 is 0 Å². The first kappa shape index (κ1) is 14.1. The number of hydrogen-bond donors (Lipinski definition) is 1. The molecular formula is C13H16BrFN4. The van der Waals surface area contributed by atoms with Gasteiger partial charge >= 0.3 is 0 Å². The Kier molecular flexibility index (Phi) is 4.66. The van der Waals surface area contributed by atoms with E-state index in [-0.39, 0.29) is 5.82 Å². The zero-order valence-corrected chi connectivity index (χ0v) is 12.5. The average molecular weight is 327 g/mol. The molecule has 0 aliphatic rings. The molecule has 0 bridgehead atoms. The van der Waals surface area contributed by atoms with Crippen LogP contribution >= 0.6 is 15.9 Å². The molecule has 0 radical (unpaired) electrons. The summed E-state index contributed by atoms with van der Waals surface area (Å²) in [5, 5.41) is 11.1. The first-order chi connectivity index (χ1) is 9.08. The molecule has 19 heavy (non-hydrogen) atoms. The zero-order valence-electron chi connectivity index (χ0n) is 10.9. The second-order valence-electron chi connectivity index (χ2n) is 4.76. The Morgan fingerprint density at radius 3 is 2.95 bits per heavy atom. The summed E-state index contributed by atoms with van der Waals surface area (Å²) in [4.78, 5) is 0. The van der Waals surface area contributed by atoms with Crippen molar-refractivity contribution < 1.29 is 4.39 Å². The molecule has 0 unspecified atom stereocenters. The predicted octanol–water partition coefficient (Wildman–Crippen LogP) is 2.91. The van der Waals surface area contributed by atoms with Gasteiger partial charge in [0.25, 0.3) is 0 Å². The van der Waals surface area contributed by atoms with Crippen LogP contribution in [0, 0.1) is 11.7 Å². The number of benzene rings is 1. The van der Waals surface area contributed by atoms with Crippen molar-refractivity contribution in [1.82, 2.24) is 20.3 Å². The van der Waals surface area contributed by atoms with Crippen LogP contribution in [-0.2, 0) is 6.54 Å². The monoisotopic (exact) mass is 326 g/mol. The van der Waals surface area contributed by atoms with Crippen molar-refractivity contribution in [2.24, 2.45) is 5.92 Å². The van der Waals surface area contributed by atoms with Gasteiger partial charge in [0.15, 0.2) is 0 Å². The van der Waals surface area contributed by atoms with Crippen molar-refractivity contribution in [1.29, 1.82) is 0 Å². The third-order valence-electron chi connectivity index (χ3n) is 2.61. The van der Waals surface area contributed by atoms with Gasteiger partial charge in [0.2, 0.25) is 0 Å². The third-order valence-corrected chi connectivity index (χ3v) is 3.11. The number of halogens is 2. The fourth-order valence-electron chi connectivity index (χ4n) is 1.72. The van der Waals surface area contributed by atoms with Crippen LogP contribution in [0.1, 0.15) is 19.5 Å². The van der Waals surface area contributed by atoms with Gasteiger partial charge in [0, 0.05) is 11.0 Å². The Morgan fingerprint density at radius 2 is 2.21 bits per heavy atom. The Balaban J connectivity index is 2.21. The van der Waals surface area contributed by atoms with Crippen LogP contribution < -0.4 is 5.32 Å². The number of aromatic nitrogens is 3. The van der Waals surface area contributed by atoms with Gasteiger partial charge in [-0.1, -0.05) is 35.0 Å². The van der Waals surface area contributed by atoms with Crippen molar-refractivity contribution in [3.05, 3.63) is 40.4 Å². The molecule has 0 spiro atoms. The Bertz CT molecular complexity index is 553. The second kappa shape index (κ2) is 6.25. The molecule has 1 N–H and O–H groups in total. The Labute approximate surface area is 120 Å². The standard InChI is InChI=1S/C13H16BrFN4/c1-9(2)6-16-7-11-8-17-18-19(11)13-5-10(14)3-4-12(13)15/h3-5,8-9,16H,6-7H2,1-2H3. The highest BCUT2D eigenvalue weighted by Crippen LogP contribution is 2.19. The van der Waals surface area contributed by atoms with Crippen molar-refractivity contribution in [2.45, 2.75) is 20.4 Å². The summed E-state index contributed by atoms with van der Waals surface area (Å²) < 4.78 is 16.2. The van der Waals surface area contributed by atoms with E-state index < -0.39 is 0 Å². The smallest absolute Gasteiger partial charge is 0.149 e. The molecule has 102 valence electrons. The van der Waals surface area contributed by atoms with E-state index in [0.29, 0.717) is 18.2 Å². The van der Waals surface area contributed by atoms with Crippen LogP contribution in [0.2, 0.25) is 0 Å². The minimum absolute atomic E-state index is 0.321. The molecule has 0 fully saturated rings. The van der Waals surface area contributed by atoms with Gasteiger partial charge < -0.3 is 5.32 Å². The van der Waals surface area contributed by atoms with E-state index in [1.165, 1.54) is 10.7 Å². The van der Waals surface area contributed by atoms with Crippen molar-refractivity contribution in [3.8, 4) is 5.69 Å². The summed E-state index contributed by atoms with van der Waals surface area (Å²) in [6, 6.07) is 4.76. The van der Waals surface area contributed by atoms with Crippen LogP contribution in [-0.4, -0.2) is 21.5 Å². The van der Waals surface area contributed by atoms with Gasteiger partial charge in [-0.15, -0.1) is 5.10 Å². The molecule has 1 aromatic carbocycles. The molecule has 0 amide bonds. The SMILES string of the molecule is CC(C)CNCc1cnnn1-c1cc(Br)ccc1F. The van der Waals surface area contributed by atoms with Gasteiger partial charge in [-0.25, -0.2) is 9.07 Å². The molecule has 0 saturated carbocycles. The van der Waals surface area contributed by atoms with Crippen LogP contribution in [0.5, 0.6) is 0 Å². The van der Waals surface area contributed by atoms with Gasteiger partial charge in [0.05, 0.1) is 11.9 Å². The van der Waals surface area contributed by atoms with Crippen molar-refractivity contribution in [3.63, 3.8) is 0 Å². The van der Waals surface area contributed by atoms with Crippen LogP contribution in [0.25, 0.3) is 5.69 Å². The van der Waals surface area contributed by atoms with Crippen LogP contribution in [0.3, 0.4) is 0 Å². The minimum Gasteiger partial charge on any atom is -0.311 e. The summed E-state index contributed by atoms with van der Waals surface area (Å²) in [5.74, 6) is 0.241. The van der Waals surface area contributed by atoms with Gasteiger partial charge in [-0.2, -0.15) is 0 Å². The fraction of sp³-hybridized carbons (Fsp3) is 0.385. The highest BCUT2D eigenvalue weighted by molar-refractivity contribution is 9.10. The molecular weight excluding hydrogens is 311 g/mol. The number of nitrogens with zero attached hydrogens (tertiary/aromatic N) is 3. The number of rotatable bonds is 5. The van der Waals surface area contributed by atoms with E-state index in [9.17, 15) is 4.39 Å². The zero-order chi connectivity index (χ0) is 13.8. The highest BCUT2D eigenvalue weighted by Gasteiger charge is 2.11. The summed E-state index contributed by atoms with van der Waals surface area (Å²) in [6.45, 7) is 5.77. The van der Waals surface area contributed by atoms with E-state index in [0.717, 1.165) is 16.7 Å². The molecule has 1 aromatic heterocycles. The lowest BCUT2D eigenvalue weighted by atomic mass is 10.2. The predicted molar refractivity (Wildman–Crippen MR) is 75.6 cm³/mol. The lowest BCUT2D eigenvalue weighted by Crippen LogP contribution is -2.21. The van der Waals surface area contributed by atoms with Crippen LogP contribution in [0.4, 0.5) is 4.39 Å². The summed E-state index contributed by atoms with van der Waals surface area (Å²) in [5.41, 5.74) is 1.23. The summed E-state index contributed by atoms with van der Waals surface area (Å²) in [7, 11) is 0.